The van der Waals surface area contributed by atoms with Crippen LogP contribution < -0.4 is 0 Å². The van der Waals surface area contributed by atoms with E-state index in [-0.39, 0.29) is 0 Å². The van der Waals surface area contributed by atoms with E-state index in [1.165, 1.54) is 6.26 Å². The molecule has 0 aliphatic carbocycles. The van der Waals surface area contributed by atoms with Crippen molar-refractivity contribution >= 4 is 21.4 Å². The topological polar surface area (TPSA) is 34.1 Å². The first kappa shape index (κ1) is 16.7. The normalized spacial score (nSPS) is 11.5. The highest BCUT2D eigenvalue weighted by Crippen LogP contribution is 2.34. The smallest absolute Gasteiger partial charge is 0.175 e. The van der Waals surface area contributed by atoms with Crippen LogP contribution in [0, 0.1) is 6.92 Å². The minimum absolute atomic E-state index is 0.325. The second-order valence-electron chi connectivity index (χ2n) is 5.81. The molecule has 0 aliphatic rings. The van der Waals surface area contributed by atoms with E-state index in [1.54, 1.807) is 12.1 Å². The predicted octanol–water partition coefficient (Wildman–Crippen LogP) is 5.39. The second-order valence-corrected chi connectivity index (χ2v) is 8.23. The lowest BCUT2D eigenvalue weighted by Crippen LogP contribution is -1.96. The van der Waals surface area contributed by atoms with Gasteiger partial charge in [-0.3, -0.25) is 0 Å². The van der Waals surface area contributed by atoms with Crippen LogP contribution in [0.5, 0.6) is 0 Å². The third-order valence-electron chi connectivity index (χ3n) is 3.99. The van der Waals surface area contributed by atoms with E-state index in [1.807, 2.05) is 49.4 Å². The van der Waals surface area contributed by atoms with Crippen LogP contribution in [0.15, 0.2) is 71.6 Å². The fourth-order valence-corrected chi connectivity index (χ4v) is 3.43. The van der Waals surface area contributed by atoms with Gasteiger partial charge in [0.1, 0.15) is 0 Å². The average Bonchev–Trinajstić information content (AvgIpc) is 2.57. The number of hydrogen-bond acceptors (Lipinski definition) is 2. The summed E-state index contributed by atoms with van der Waals surface area (Å²) in [7, 11) is -3.19. The average molecular weight is 357 g/mol. The summed E-state index contributed by atoms with van der Waals surface area (Å²) in [4.78, 5) is 0.325. The van der Waals surface area contributed by atoms with Gasteiger partial charge < -0.3 is 0 Å². The molecule has 4 heteroatoms. The molecular formula is C20H17ClO2S. The Labute approximate surface area is 147 Å². The lowest BCUT2D eigenvalue weighted by atomic mass is 9.94. The molecule has 24 heavy (non-hydrogen) atoms. The molecule has 0 fully saturated rings. The summed E-state index contributed by atoms with van der Waals surface area (Å²) in [6, 6.07) is 21.0. The number of rotatable bonds is 3. The Kier molecular flexibility index (Phi) is 4.48. The maximum Gasteiger partial charge on any atom is 0.175 e. The number of hydrogen-bond donors (Lipinski definition) is 0. The van der Waals surface area contributed by atoms with Crippen LogP contribution in [0.2, 0.25) is 5.02 Å². The van der Waals surface area contributed by atoms with Crippen LogP contribution in [-0.2, 0) is 9.84 Å². The fraction of sp³-hybridized carbons (Fsp3) is 0.100. The van der Waals surface area contributed by atoms with Gasteiger partial charge in [0.25, 0.3) is 0 Å². The first-order valence-corrected chi connectivity index (χ1v) is 9.79. The highest BCUT2D eigenvalue weighted by atomic mass is 35.5. The van der Waals surface area contributed by atoms with E-state index in [0.29, 0.717) is 4.90 Å². The van der Waals surface area contributed by atoms with Gasteiger partial charge >= 0.3 is 0 Å². The molecule has 0 aliphatic heterocycles. The van der Waals surface area contributed by atoms with Gasteiger partial charge in [-0.1, -0.05) is 54.1 Å². The summed E-state index contributed by atoms with van der Waals surface area (Å²) in [6.07, 6.45) is 1.21. The van der Waals surface area contributed by atoms with Gasteiger partial charge in [0, 0.05) is 11.3 Å². The molecule has 0 radical (unpaired) electrons. The Morgan fingerprint density at radius 3 is 1.88 bits per heavy atom. The molecule has 0 saturated carbocycles. The summed E-state index contributed by atoms with van der Waals surface area (Å²) in [6.45, 7) is 1.98. The number of sulfone groups is 1. The first-order valence-electron chi connectivity index (χ1n) is 7.52. The molecule has 0 bridgehead atoms. The SMILES string of the molecule is Cc1cc(-c2ccccc2-c2ccc(S(C)(=O)=O)cc2)ccc1Cl. The van der Waals surface area contributed by atoms with Crippen molar-refractivity contribution in [2.75, 3.05) is 6.26 Å². The molecule has 3 aromatic carbocycles. The lowest BCUT2D eigenvalue weighted by Gasteiger charge is -2.12. The summed E-state index contributed by atoms with van der Waals surface area (Å²) in [5.41, 5.74) is 5.23. The monoisotopic (exact) mass is 356 g/mol. The van der Waals surface area contributed by atoms with Crippen LogP contribution in [0.1, 0.15) is 5.56 Å². The van der Waals surface area contributed by atoms with Gasteiger partial charge in [-0.15, -0.1) is 0 Å². The van der Waals surface area contributed by atoms with Gasteiger partial charge in [0.15, 0.2) is 9.84 Å². The summed E-state index contributed by atoms with van der Waals surface area (Å²) in [5, 5.41) is 0.744. The van der Waals surface area contributed by atoms with E-state index in [2.05, 4.69) is 12.1 Å². The Morgan fingerprint density at radius 2 is 1.33 bits per heavy atom. The molecule has 2 nitrogen and oxygen atoms in total. The van der Waals surface area contributed by atoms with Crippen molar-refractivity contribution < 1.29 is 8.42 Å². The Bertz CT molecular complexity index is 990. The number of halogens is 1. The highest BCUT2D eigenvalue weighted by molar-refractivity contribution is 7.90. The molecule has 122 valence electrons. The summed E-state index contributed by atoms with van der Waals surface area (Å²) < 4.78 is 23.3. The Balaban J connectivity index is 2.11. The van der Waals surface area contributed by atoms with Crippen LogP contribution in [0.3, 0.4) is 0 Å². The third kappa shape index (κ3) is 3.37. The molecule has 0 saturated heterocycles. The van der Waals surface area contributed by atoms with Crippen molar-refractivity contribution in [1.82, 2.24) is 0 Å². The standard InChI is InChI=1S/C20H17ClO2S/c1-14-13-16(9-12-20(14)21)19-6-4-3-5-18(19)15-7-10-17(11-8-15)24(2,22)23/h3-13H,1-2H3. The zero-order chi connectivity index (χ0) is 17.3. The minimum atomic E-state index is -3.19. The van der Waals surface area contributed by atoms with Crippen molar-refractivity contribution in [3.8, 4) is 22.3 Å². The van der Waals surface area contributed by atoms with Crippen LogP contribution in [0.25, 0.3) is 22.3 Å². The zero-order valence-electron chi connectivity index (χ0n) is 13.5. The molecule has 0 atom stereocenters. The summed E-state index contributed by atoms with van der Waals surface area (Å²) in [5.74, 6) is 0. The Morgan fingerprint density at radius 1 is 0.792 bits per heavy atom. The molecule has 3 rings (SSSR count). The molecule has 3 aromatic rings. The van der Waals surface area contributed by atoms with Gasteiger partial charge in [-0.2, -0.15) is 0 Å². The quantitative estimate of drug-likeness (QED) is 0.630. The number of benzene rings is 3. The van der Waals surface area contributed by atoms with E-state index in [0.717, 1.165) is 32.8 Å². The number of aryl methyl sites for hydroxylation is 1. The molecule has 0 heterocycles. The van der Waals surface area contributed by atoms with E-state index in [9.17, 15) is 8.42 Å². The molecule has 0 unspecified atom stereocenters. The van der Waals surface area contributed by atoms with Crippen molar-refractivity contribution in [3.05, 3.63) is 77.3 Å². The fourth-order valence-electron chi connectivity index (χ4n) is 2.68. The third-order valence-corrected chi connectivity index (χ3v) is 5.54. The molecule has 0 amide bonds. The first-order chi connectivity index (χ1) is 11.4. The molecule has 0 aromatic heterocycles. The van der Waals surface area contributed by atoms with Gasteiger partial charge in [-0.25, -0.2) is 8.42 Å². The second kappa shape index (κ2) is 6.42. The lowest BCUT2D eigenvalue weighted by molar-refractivity contribution is 0.602. The van der Waals surface area contributed by atoms with Crippen LogP contribution in [-0.4, -0.2) is 14.7 Å². The van der Waals surface area contributed by atoms with Gasteiger partial charge in [-0.05, 0) is 59.0 Å². The maximum atomic E-state index is 11.6. The van der Waals surface area contributed by atoms with Crippen molar-refractivity contribution in [1.29, 1.82) is 0 Å². The van der Waals surface area contributed by atoms with E-state index in [4.69, 9.17) is 11.6 Å². The Hall–Kier alpha value is -2.10. The highest BCUT2D eigenvalue weighted by Gasteiger charge is 2.10. The van der Waals surface area contributed by atoms with Gasteiger partial charge in [0.05, 0.1) is 4.90 Å². The van der Waals surface area contributed by atoms with Crippen LogP contribution in [0.4, 0.5) is 0 Å². The van der Waals surface area contributed by atoms with Crippen molar-refractivity contribution in [2.45, 2.75) is 11.8 Å². The van der Waals surface area contributed by atoms with Crippen LogP contribution >= 0.6 is 11.6 Å². The zero-order valence-corrected chi connectivity index (χ0v) is 15.0. The van der Waals surface area contributed by atoms with Gasteiger partial charge in [0.2, 0.25) is 0 Å². The molecular weight excluding hydrogens is 340 g/mol. The molecule has 0 spiro atoms. The van der Waals surface area contributed by atoms with E-state index < -0.39 is 9.84 Å². The largest absolute Gasteiger partial charge is 0.224 e. The van der Waals surface area contributed by atoms with E-state index >= 15 is 0 Å². The minimum Gasteiger partial charge on any atom is -0.224 e. The molecule has 0 N–H and O–H groups in total. The maximum absolute atomic E-state index is 11.6. The predicted molar refractivity (Wildman–Crippen MR) is 100 cm³/mol. The van der Waals surface area contributed by atoms with Crippen molar-refractivity contribution in [3.63, 3.8) is 0 Å². The summed E-state index contributed by atoms with van der Waals surface area (Å²) >= 11 is 6.13. The van der Waals surface area contributed by atoms with Crippen molar-refractivity contribution in [2.24, 2.45) is 0 Å².